The summed E-state index contributed by atoms with van der Waals surface area (Å²) in [6, 6.07) is -3.64. The predicted octanol–water partition coefficient (Wildman–Crippen LogP) is -22.6. The summed E-state index contributed by atoms with van der Waals surface area (Å²) in [5, 5.41) is 327. The molecule has 0 unspecified atom stereocenters. The maximum atomic E-state index is 13.0. The summed E-state index contributed by atoms with van der Waals surface area (Å²) in [6.07, 6.45) is -103. The lowest BCUT2D eigenvalue weighted by Crippen LogP contribution is -2.70. The first-order valence-corrected chi connectivity index (χ1v) is 37.4. The van der Waals surface area contributed by atoms with Crippen LogP contribution in [-0.2, 0) is 104 Å². The summed E-state index contributed by atoms with van der Waals surface area (Å²) >= 11 is 0. The molecule has 0 aromatic rings. The molecule has 0 saturated carbocycles. The van der Waals surface area contributed by atoms with Crippen LogP contribution in [0.25, 0.3) is 0 Å². The van der Waals surface area contributed by atoms with Crippen molar-refractivity contribution in [3.63, 3.8) is 0 Å². The number of amides is 2. The molecule has 10 rings (SSSR count). The minimum absolute atomic E-state index is 0.805. The second-order valence-corrected chi connectivity index (χ2v) is 29.6. The fraction of sp³-hybridized carbons (Fsp3) is 0.969. The first-order valence-electron chi connectivity index (χ1n) is 37.4. The zero-order chi connectivity index (χ0) is 86.6. The molecule has 0 spiro atoms. The van der Waals surface area contributed by atoms with Gasteiger partial charge < -0.3 is 249 Å². The Labute approximate surface area is 666 Å². The van der Waals surface area contributed by atoms with Gasteiger partial charge in [-0.3, -0.25) is 14.4 Å². The molecule has 10 aliphatic rings. The highest BCUT2D eigenvalue weighted by molar-refractivity contribution is 5.73. The Hall–Kier alpha value is -3.06. The van der Waals surface area contributed by atoms with Crippen molar-refractivity contribution >= 4 is 11.8 Å². The average molecular weight is 1740 g/mol. The molecular weight excluding hydrogens is 1630 g/mol. The third-order valence-electron chi connectivity index (χ3n) is 21.8. The number of hydrogen-bond donors (Lipinski definition) is 32. The van der Waals surface area contributed by atoms with Crippen molar-refractivity contribution in [1.82, 2.24) is 10.6 Å². The molecule has 2 amide bonds. The lowest BCUT2D eigenvalue weighted by molar-refractivity contribution is -0.408. The van der Waals surface area contributed by atoms with Crippen LogP contribution in [0.1, 0.15) is 13.8 Å². The molecular formula is C64H109N3O51. The molecule has 54 heteroatoms. The zero-order valence-corrected chi connectivity index (χ0v) is 62.5. The molecule has 0 radical (unpaired) electrons. The van der Waals surface area contributed by atoms with Crippen LogP contribution >= 0.6 is 0 Å². The number of rotatable bonds is 31. The van der Waals surface area contributed by atoms with Gasteiger partial charge in [-0.05, 0) is 0 Å². The molecule has 33 N–H and O–H groups in total. The Kier molecular flexibility index (Phi) is 35.0. The summed E-state index contributed by atoms with van der Waals surface area (Å²) < 4.78 is 112. The Morgan fingerprint density at radius 3 is 0.932 bits per heavy atom. The summed E-state index contributed by atoms with van der Waals surface area (Å²) in [5.74, 6) is 3.51. The molecule has 10 heterocycles. The summed E-state index contributed by atoms with van der Waals surface area (Å²) in [7, 11) is 0. The number of aliphatic hydroxyl groups excluding tert-OH is 29. The molecule has 0 aromatic heterocycles. The van der Waals surface area contributed by atoms with Gasteiger partial charge in [0, 0.05) is 13.8 Å². The predicted molar refractivity (Wildman–Crippen MR) is 356 cm³/mol. The monoisotopic (exact) mass is 1740 g/mol. The van der Waals surface area contributed by atoms with Crippen molar-refractivity contribution in [3.8, 4) is 0 Å². The van der Waals surface area contributed by atoms with Gasteiger partial charge in [0.2, 0.25) is 11.8 Å². The zero-order valence-electron chi connectivity index (χ0n) is 62.5. The number of ether oxygens (including phenoxy) is 19. The van der Waals surface area contributed by atoms with E-state index in [1.807, 2.05) is 0 Å². The van der Waals surface area contributed by atoms with Crippen LogP contribution < -0.4 is 16.5 Å². The Morgan fingerprint density at radius 1 is 0.246 bits per heavy atom. The molecule has 10 aliphatic heterocycles. The van der Waals surface area contributed by atoms with Gasteiger partial charge in [-0.2, -0.15) is 0 Å². The van der Waals surface area contributed by atoms with Crippen molar-refractivity contribution < 1.29 is 253 Å². The third kappa shape index (κ3) is 20.8. The Morgan fingerprint density at radius 2 is 0.508 bits per heavy atom. The standard InChI is InChI=1S/C64H109N3O51/c1-13(76)66-25-34(85)47(20(8-73)101-55(25)98)111-56-26(67-14(2)77)35(86)48(21(9-74)107-56)112-61-46(97)51(114-63-54(40(91)31(82)18(6-71)105-63)117-64-53(39(90)30(81)19(7-72)106-64)116-60-44(95)41(92)49(118-65)22(10-75)108-60)33(84)24(110-61)11-99-57-45(96)50(113-58-42(93)36(87)27(78)15(3-68)102-58)32(83)23(109-57)12-100-62-52(38(89)29(80)17(5-70)104-62)115-59-43(94)37(88)28(79)16(4-69)103-59/h15-64,68-75,78-98H,3-12,65H2,1-2H3,(H,66,76)(H,67,77)/t15-,16-,17-,18-,19-,20-,21-,22-,23-,24-,25+,26-,27-,28-,29-,30-,31-,32-,33-,34-,35-,36+,37+,38+,39+,40+,41-,42+,43+,44+,45+,46+,47-,48-,49-,50+,51+,52+,53+,54+,55-,56+,57+,58-,59-,60-,61+,62+,63-,64-/m1/s1. The average Bonchev–Trinajstić information content (AvgIpc) is 0.768. The van der Waals surface area contributed by atoms with Crippen LogP contribution in [0.4, 0.5) is 0 Å². The van der Waals surface area contributed by atoms with Crippen molar-refractivity contribution in [2.24, 2.45) is 5.90 Å². The van der Waals surface area contributed by atoms with Gasteiger partial charge in [0.25, 0.3) is 0 Å². The van der Waals surface area contributed by atoms with Gasteiger partial charge in [0.1, 0.15) is 244 Å². The Balaban J connectivity index is 0.997. The molecule has 118 heavy (non-hydrogen) atoms. The molecule has 10 saturated heterocycles. The van der Waals surface area contributed by atoms with Crippen LogP contribution in [0.3, 0.4) is 0 Å². The van der Waals surface area contributed by atoms with E-state index in [1.54, 1.807) is 0 Å². The quantitative estimate of drug-likeness (QED) is 0.0287. The van der Waals surface area contributed by atoms with E-state index in [1.165, 1.54) is 0 Å². The van der Waals surface area contributed by atoms with Crippen LogP contribution in [0.5, 0.6) is 0 Å². The largest absolute Gasteiger partial charge is 0.394 e. The molecule has 10 fully saturated rings. The Bertz CT molecular complexity index is 3070. The highest BCUT2D eigenvalue weighted by Gasteiger charge is 2.61. The van der Waals surface area contributed by atoms with Gasteiger partial charge in [-0.1, -0.05) is 0 Å². The summed E-state index contributed by atoms with van der Waals surface area (Å²) in [4.78, 5) is 29.9. The maximum absolute atomic E-state index is 13.0. The van der Waals surface area contributed by atoms with E-state index in [-0.39, 0.29) is 0 Å². The molecule has 686 valence electrons. The van der Waals surface area contributed by atoms with Gasteiger partial charge in [-0.25, -0.2) is 5.90 Å². The van der Waals surface area contributed by atoms with E-state index in [2.05, 4.69) is 15.5 Å². The van der Waals surface area contributed by atoms with Crippen LogP contribution in [-0.4, -0.2) is 533 Å². The van der Waals surface area contributed by atoms with E-state index in [4.69, 9.17) is 95.9 Å². The molecule has 0 aliphatic carbocycles. The number of hydrogen-bond acceptors (Lipinski definition) is 52. The minimum atomic E-state index is -2.64. The van der Waals surface area contributed by atoms with E-state index >= 15 is 0 Å². The molecule has 0 aromatic carbocycles. The highest BCUT2D eigenvalue weighted by Crippen LogP contribution is 2.41. The van der Waals surface area contributed by atoms with Crippen molar-refractivity contribution in [2.75, 3.05) is 66.1 Å². The highest BCUT2D eigenvalue weighted by atomic mass is 16.8. The lowest BCUT2D eigenvalue weighted by Gasteiger charge is -2.51. The van der Waals surface area contributed by atoms with Crippen LogP contribution in [0.15, 0.2) is 0 Å². The van der Waals surface area contributed by atoms with E-state index in [9.17, 15) is 158 Å². The maximum Gasteiger partial charge on any atom is 0.217 e. The van der Waals surface area contributed by atoms with Crippen LogP contribution in [0.2, 0.25) is 0 Å². The first-order chi connectivity index (χ1) is 56.0. The van der Waals surface area contributed by atoms with E-state index in [0.29, 0.717) is 0 Å². The summed E-state index contributed by atoms with van der Waals surface area (Å²) in [5.41, 5.74) is 0. The topological polar surface area (TPSA) is 855 Å². The summed E-state index contributed by atoms with van der Waals surface area (Å²) in [6.45, 7) is -9.21. The second kappa shape index (κ2) is 42.5. The molecule has 50 atom stereocenters. The number of carbonyl (C=O) groups excluding carboxylic acids is 2. The number of carbonyl (C=O) groups is 2. The fourth-order valence-electron chi connectivity index (χ4n) is 15.1. The van der Waals surface area contributed by atoms with Gasteiger partial charge in [0.15, 0.2) is 62.9 Å². The minimum Gasteiger partial charge on any atom is -0.394 e. The number of nitrogens with one attached hydrogen (secondary N) is 2. The second-order valence-electron chi connectivity index (χ2n) is 29.6. The van der Waals surface area contributed by atoms with E-state index < -0.39 is 385 Å². The number of aliphatic hydroxyl groups is 29. The molecule has 0 bridgehead atoms. The van der Waals surface area contributed by atoms with Crippen molar-refractivity contribution in [3.05, 3.63) is 0 Å². The van der Waals surface area contributed by atoms with Gasteiger partial charge >= 0.3 is 0 Å². The third-order valence-corrected chi connectivity index (χ3v) is 21.8. The fourth-order valence-corrected chi connectivity index (χ4v) is 15.1. The van der Waals surface area contributed by atoms with Crippen molar-refractivity contribution in [1.29, 1.82) is 0 Å². The normalized spacial score (nSPS) is 51.1. The van der Waals surface area contributed by atoms with E-state index in [0.717, 1.165) is 13.8 Å². The van der Waals surface area contributed by atoms with Crippen LogP contribution in [0, 0.1) is 0 Å². The van der Waals surface area contributed by atoms with Gasteiger partial charge in [0.05, 0.1) is 66.1 Å². The lowest BCUT2D eigenvalue weighted by atomic mass is 9.94. The van der Waals surface area contributed by atoms with Gasteiger partial charge in [-0.15, -0.1) is 0 Å². The first kappa shape index (κ1) is 97.1. The smallest absolute Gasteiger partial charge is 0.217 e. The van der Waals surface area contributed by atoms with Crippen molar-refractivity contribution in [2.45, 2.75) is 321 Å². The molecule has 54 nitrogen and oxygen atoms in total. The SMILES string of the molecule is CC(=O)N[C@H]1[C@H](O[C@H]2[C@H](O)[C@H](NC(C)=O)[C@H](O)O[C@@H]2CO)O[C@H](CO)[C@@H](O[C@@H]2O[C@H](CO[C@H]3O[C@H](CO[C@H]4O[C@H](CO)[C@@H](O)[C@H](O)[C@@H]4O[C@H]4O[C@H](CO)[C@@H](O)[C@H](O)[C@@H]4O)[C@@H](O)[C@H](O[C@H]4O[C@H](CO)[C@@H](O)[C@H](O)[C@@H]4O)[C@@H]3O)[C@@H](O)[C@H](O[C@H]3O[C@H](CO)[C@@H](O)[C@H](O)[C@@H]3O[C@H]3O[C@H](CO)[C@@H](O)[C@H](O)[C@@H]3O[C@H]3O[C@H](CO)[C@@H](ON)[C@H](O)[C@@H]3O)[C@@H]2O)[C@@H]1O. The number of nitrogens with two attached hydrogens (primary N) is 1.